The van der Waals surface area contributed by atoms with Crippen molar-refractivity contribution in [3.63, 3.8) is 0 Å². The summed E-state index contributed by atoms with van der Waals surface area (Å²) in [5.74, 6) is 0.621. The maximum atomic E-state index is 12.1. The Bertz CT molecular complexity index is 744. The fourth-order valence-electron chi connectivity index (χ4n) is 2.41. The predicted octanol–water partition coefficient (Wildman–Crippen LogP) is 2.38. The summed E-state index contributed by atoms with van der Waals surface area (Å²) in [7, 11) is 1.84. The van der Waals surface area contributed by atoms with E-state index in [4.69, 9.17) is 11.6 Å². The van der Waals surface area contributed by atoms with E-state index < -0.39 is 0 Å². The minimum absolute atomic E-state index is 0.0876. The van der Waals surface area contributed by atoms with Gasteiger partial charge in [0.15, 0.2) is 11.0 Å². The Morgan fingerprint density at radius 1 is 1.30 bits per heavy atom. The number of benzene rings is 1. The highest BCUT2D eigenvalue weighted by atomic mass is 35.5. The van der Waals surface area contributed by atoms with Gasteiger partial charge in [0, 0.05) is 30.6 Å². The van der Waals surface area contributed by atoms with Gasteiger partial charge >= 0.3 is 0 Å². The van der Waals surface area contributed by atoms with Gasteiger partial charge in [-0.25, -0.2) is 0 Å². The summed E-state index contributed by atoms with van der Waals surface area (Å²) in [6.07, 6.45) is 1.21. The van der Waals surface area contributed by atoms with Crippen molar-refractivity contribution in [1.82, 2.24) is 19.7 Å². The molecule has 6 nitrogen and oxygen atoms in total. The normalized spacial score (nSPS) is 14.5. The minimum Gasteiger partial charge on any atom is -0.305 e. The SMILES string of the molecule is Cn1c(SCC(=O)N2CCCC2=O)nnc1-c1ccc(Cl)cc1. The topological polar surface area (TPSA) is 68.1 Å². The van der Waals surface area contributed by atoms with Gasteiger partial charge in [-0.1, -0.05) is 23.4 Å². The van der Waals surface area contributed by atoms with Crippen LogP contribution in [-0.4, -0.2) is 43.8 Å². The molecule has 1 aromatic carbocycles. The van der Waals surface area contributed by atoms with Gasteiger partial charge in [0.05, 0.1) is 5.75 Å². The van der Waals surface area contributed by atoms with Crippen LogP contribution in [0.25, 0.3) is 11.4 Å². The van der Waals surface area contributed by atoms with Gasteiger partial charge in [0.2, 0.25) is 11.8 Å². The maximum absolute atomic E-state index is 12.1. The number of likely N-dealkylation sites (tertiary alicyclic amines) is 1. The summed E-state index contributed by atoms with van der Waals surface area (Å²) in [6, 6.07) is 7.32. The van der Waals surface area contributed by atoms with Crippen LogP contribution in [0.15, 0.2) is 29.4 Å². The number of thioether (sulfide) groups is 1. The number of carbonyl (C=O) groups is 2. The highest BCUT2D eigenvalue weighted by Crippen LogP contribution is 2.24. The van der Waals surface area contributed by atoms with Crippen LogP contribution in [0.3, 0.4) is 0 Å². The summed E-state index contributed by atoms with van der Waals surface area (Å²) in [5, 5.41) is 9.58. The van der Waals surface area contributed by atoms with Gasteiger partial charge in [-0.3, -0.25) is 14.5 Å². The molecule has 2 heterocycles. The van der Waals surface area contributed by atoms with Crippen molar-refractivity contribution in [3.05, 3.63) is 29.3 Å². The zero-order valence-electron chi connectivity index (χ0n) is 12.5. The lowest BCUT2D eigenvalue weighted by molar-refractivity contribution is -0.140. The molecule has 120 valence electrons. The molecule has 0 N–H and O–H groups in total. The van der Waals surface area contributed by atoms with Crippen LogP contribution in [0.1, 0.15) is 12.8 Å². The largest absolute Gasteiger partial charge is 0.305 e. The zero-order valence-corrected chi connectivity index (χ0v) is 14.1. The molecular formula is C15H15ClN4O2S. The summed E-state index contributed by atoms with van der Waals surface area (Å²) in [4.78, 5) is 25.0. The Morgan fingerprint density at radius 3 is 2.70 bits per heavy atom. The maximum Gasteiger partial charge on any atom is 0.239 e. The van der Waals surface area contributed by atoms with E-state index in [1.54, 1.807) is 12.1 Å². The van der Waals surface area contributed by atoms with Crippen LogP contribution in [0.5, 0.6) is 0 Å². The molecule has 8 heteroatoms. The fourth-order valence-corrected chi connectivity index (χ4v) is 3.32. The summed E-state index contributed by atoms with van der Waals surface area (Å²) < 4.78 is 1.83. The average molecular weight is 351 g/mol. The first-order chi connectivity index (χ1) is 11.1. The van der Waals surface area contributed by atoms with E-state index >= 15 is 0 Å². The second kappa shape index (κ2) is 6.72. The first-order valence-corrected chi connectivity index (χ1v) is 8.54. The lowest BCUT2D eigenvalue weighted by Crippen LogP contribution is -2.33. The Balaban J connectivity index is 1.69. The molecule has 1 aliphatic heterocycles. The van der Waals surface area contributed by atoms with Crippen molar-refractivity contribution >= 4 is 35.2 Å². The fraction of sp³-hybridized carbons (Fsp3) is 0.333. The third-order valence-electron chi connectivity index (χ3n) is 3.64. The van der Waals surface area contributed by atoms with Crippen LogP contribution in [0.4, 0.5) is 0 Å². The summed E-state index contributed by atoms with van der Waals surface area (Å²) in [6.45, 7) is 0.521. The Labute approximate surface area is 142 Å². The van der Waals surface area contributed by atoms with E-state index in [0.29, 0.717) is 29.0 Å². The third-order valence-corrected chi connectivity index (χ3v) is 4.89. The lowest BCUT2D eigenvalue weighted by atomic mass is 10.2. The number of hydrogen-bond acceptors (Lipinski definition) is 5. The smallest absolute Gasteiger partial charge is 0.239 e. The molecule has 2 amide bonds. The molecule has 0 bridgehead atoms. The highest BCUT2D eigenvalue weighted by molar-refractivity contribution is 7.99. The van der Waals surface area contributed by atoms with Gasteiger partial charge in [-0.2, -0.15) is 0 Å². The van der Waals surface area contributed by atoms with Gasteiger partial charge in [-0.15, -0.1) is 10.2 Å². The molecule has 1 aliphatic rings. The first kappa shape index (κ1) is 16.0. The number of imide groups is 1. The number of aromatic nitrogens is 3. The van der Waals surface area contributed by atoms with Crippen LogP contribution >= 0.6 is 23.4 Å². The van der Waals surface area contributed by atoms with E-state index in [0.717, 1.165) is 12.0 Å². The first-order valence-electron chi connectivity index (χ1n) is 7.17. The van der Waals surface area contributed by atoms with Crippen molar-refractivity contribution in [2.45, 2.75) is 18.0 Å². The molecule has 0 radical (unpaired) electrons. The Kier molecular flexibility index (Phi) is 4.68. The highest BCUT2D eigenvalue weighted by Gasteiger charge is 2.26. The molecule has 2 aromatic rings. The number of nitrogens with zero attached hydrogens (tertiary/aromatic N) is 4. The van der Waals surface area contributed by atoms with Crippen molar-refractivity contribution < 1.29 is 9.59 Å². The Hall–Kier alpha value is -1.86. The van der Waals surface area contributed by atoms with Crippen LogP contribution < -0.4 is 0 Å². The molecule has 23 heavy (non-hydrogen) atoms. The van der Waals surface area contributed by atoms with E-state index in [1.165, 1.54) is 16.7 Å². The number of amides is 2. The number of rotatable bonds is 4. The van der Waals surface area contributed by atoms with E-state index in [2.05, 4.69) is 10.2 Å². The van der Waals surface area contributed by atoms with Gasteiger partial charge in [-0.05, 0) is 30.7 Å². The molecule has 0 unspecified atom stereocenters. The van der Waals surface area contributed by atoms with E-state index in [1.807, 2.05) is 23.7 Å². The van der Waals surface area contributed by atoms with E-state index in [-0.39, 0.29) is 17.6 Å². The average Bonchev–Trinajstić information content (AvgIpc) is 3.12. The molecule has 0 saturated carbocycles. The van der Waals surface area contributed by atoms with Crippen molar-refractivity contribution in [2.24, 2.45) is 7.05 Å². The van der Waals surface area contributed by atoms with Gasteiger partial charge in [0.1, 0.15) is 0 Å². The molecule has 1 fully saturated rings. The number of hydrogen-bond donors (Lipinski definition) is 0. The molecule has 0 atom stereocenters. The molecular weight excluding hydrogens is 336 g/mol. The molecule has 1 saturated heterocycles. The number of carbonyl (C=O) groups excluding carboxylic acids is 2. The predicted molar refractivity (Wildman–Crippen MR) is 88.1 cm³/mol. The molecule has 3 rings (SSSR count). The van der Waals surface area contributed by atoms with Crippen LogP contribution in [0, 0.1) is 0 Å². The molecule has 0 spiro atoms. The monoisotopic (exact) mass is 350 g/mol. The van der Waals surface area contributed by atoms with Gasteiger partial charge < -0.3 is 4.57 Å². The number of halogens is 1. The minimum atomic E-state index is -0.173. The van der Waals surface area contributed by atoms with Crippen LogP contribution in [0.2, 0.25) is 5.02 Å². The van der Waals surface area contributed by atoms with Crippen molar-refractivity contribution in [1.29, 1.82) is 0 Å². The molecule has 1 aromatic heterocycles. The lowest BCUT2D eigenvalue weighted by Gasteiger charge is -2.12. The Morgan fingerprint density at radius 2 is 2.04 bits per heavy atom. The quantitative estimate of drug-likeness (QED) is 0.792. The second-order valence-electron chi connectivity index (χ2n) is 5.20. The standard InChI is InChI=1S/C15H15ClN4O2S/c1-19-14(10-4-6-11(16)7-5-10)17-18-15(19)23-9-13(22)20-8-2-3-12(20)21/h4-7H,2-3,8-9H2,1H3. The summed E-state index contributed by atoms with van der Waals surface area (Å²) in [5.41, 5.74) is 0.900. The second-order valence-corrected chi connectivity index (χ2v) is 6.58. The summed E-state index contributed by atoms with van der Waals surface area (Å²) >= 11 is 7.17. The van der Waals surface area contributed by atoms with Crippen molar-refractivity contribution in [2.75, 3.05) is 12.3 Å². The zero-order chi connectivity index (χ0) is 16.4. The van der Waals surface area contributed by atoms with Gasteiger partial charge in [0.25, 0.3) is 0 Å². The van der Waals surface area contributed by atoms with Crippen LogP contribution in [-0.2, 0) is 16.6 Å². The van der Waals surface area contributed by atoms with E-state index in [9.17, 15) is 9.59 Å². The van der Waals surface area contributed by atoms with Crippen molar-refractivity contribution in [3.8, 4) is 11.4 Å². The molecule has 0 aliphatic carbocycles. The third kappa shape index (κ3) is 3.40.